The second kappa shape index (κ2) is 11.7. The molecule has 0 aliphatic heterocycles. The zero-order chi connectivity index (χ0) is 27.0. The van der Waals surface area contributed by atoms with Crippen molar-refractivity contribution < 1.29 is 28.4 Å². The molecule has 5 rings (SSSR count). The minimum atomic E-state index is -2.32. The molecule has 1 fully saturated rings. The van der Waals surface area contributed by atoms with E-state index >= 15 is 0 Å². The average Bonchev–Trinajstić information content (AvgIpc) is 3.43. The molecule has 1 saturated carbocycles. The molecule has 0 bridgehead atoms. The molecule has 4 N–H and O–H groups in total. The van der Waals surface area contributed by atoms with E-state index < -0.39 is 22.8 Å². The molecule has 1 atom stereocenters. The molecule has 1 aliphatic rings. The minimum absolute atomic E-state index is 0. The van der Waals surface area contributed by atoms with Crippen LogP contribution in [-0.2, 0) is 28.0 Å². The summed E-state index contributed by atoms with van der Waals surface area (Å²) < 4.78 is 42.5. The summed E-state index contributed by atoms with van der Waals surface area (Å²) in [4.78, 5) is 15.7. The summed E-state index contributed by atoms with van der Waals surface area (Å²) in [6.45, 7) is 1.80. The van der Waals surface area contributed by atoms with Crippen LogP contribution in [0.4, 0.5) is 8.78 Å². The Morgan fingerprint density at radius 2 is 2.00 bits per heavy atom. The monoisotopic (exact) mass is 572 g/mol. The molecule has 0 spiro atoms. The lowest BCUT2D eigenvalue weighted by Crippen LogP contribution is -2.07. The maximum atomic E-state index is 14.7. The number of aromatic nitrogens is 3. The van der Waals surface area contributed by atoms with Gasteiger partial charge in [0.2, 0.25) is 10.0 Å². The number of carbonyl (C=O) groups is 1. The number of thiazole rings is 1. The molecule has 0 saturated heterocycles. The van der Waals surface area contributed by atoms with Gasteiger partial charge in [-0.25, -0.2) is 23.2 Å². The van der Waals surface area contributed by atoms with Crippen LogP contribution in [0.1, 0.15) is 52.6 Å². The molecular weight excluding hydrogens is 546 g/mol. The molecule has 2 heterocycles. The Bertz CT molecular complexity index is 1590. The van der Waals surface area contributed by atoms with Gasteiger partial charge >= 0.3 is 5.97 Å². The number of thiol groups is 1. The zero-order valence-electron chi connectivity index (χ0n) is 20.8. The highest BCUT2D eigenvalue weighted by molar-refractivity contribution is 7.82. The number of carboxylic acid groups (broad SMARTS) is 1. The Morgan fingerprint density at radius 1 is 1.23 bits per heavy atom. The lowest BCUT2D eigenvalue weighted by Gasteiger charge is -2.09. The Hall–Kier alpha value is -3.58. The Kier molecular flexibility index (Phi) is 8.50. The van der Waals surface area contributed by atoms with Gasteiger partial charge in [-0.3, -0.25) is 0 Å². The standard InChI is InChI=1S/C27H24F2N4O3S2.H2O/c1-2-3-17-13-18(7-8-20(17)28)25-19(10-16-6-9-24(38(30)36)21(29)11-16)23(12-15-4-5-15)33(32-25)27-31-22(14-37-27)26(34)35;/h2-3,6-9,11,13-15H,4-5,10,12H2,1H3,(H2,30,36)(H,34,35);1H2/b3-2+;. The van der Waals surface area contributed by atoms with E-state index in [0.717, 1.165) is 24.1 Å². The number of hydrogen-bond donors (Lipinski definition) is 2. The fraction of sp³-hybridized carbons (Fsp3) is 0.222. The van der Waals surface area contributed by atoms with E-state index in [0.29, 0.717) is 46.3 Å². The zero-order valence-corrected chi connectivity index (χ0v) is 22.6. The first-order valence-electron chi connectivity index (χ1n) is 12.0. The van der Waals surface area contributed by atoms with Crippen LogP contribution in [-0.4, -0.2) is 31.3 Å². The molecule has 0 radical (unpaired) electrons. The second-order valence-electron chi connectivity index (χ2n) is 9.18. The number of aromatic carboxylic acids is 1. The van der Waals surface area contributed by atoms with E-state index in [1.54, 1.807) is 42.0 Å². The summed E-state index contributed by atoms with van der Waals surface area (Å²) in [6.07, 6.45) is 6.52. The molecule has 12 heteroatoms. The Balaban J connectivity index is 0.00000353. The number of rotatable bonds is 9. The third kappa shape index (κ3) is 6.04. The SMILES string of the molecule is C/C=C/c1cc(-c2nn(-c3nc(C(=O)O)cs3)c(CC3CC3)c2Cc2ccc([SH+](N)=O)c(F)c2)ccc1F.[OH-]. The highest BCUT2D eigenvalue weighted by Crippen LogP contribution is 2.38. The van der Waals surface area contributed by atoms with Gasteiger partial charge in [0, 0.05) is 28.5 Å². The van der Waals surface area contributed by atoms with E-state index in [4.69, 9.17) is 10.2 Å². The van der Waals surface area contributed by atoms with Crippen LogP contribution >= 0.6 is 11.3 Å². The molecule has 204 valence electrons. The van der Waals surface area contributed by atoms with Crippen LogP contribution in [0.5, 0.6) is 0 Å². The lowest BCUT2D eigenvalue weighted by atomic mass is 9.96. The topological polar surface area (TPSA) is 141 Å². The van der Waals surface area contributed by atoms with Crippen molar-refractivity contribution in [3.63, 3.8) is 0 Å². The van der Waals surface area contributed by atoms with Crippen LogP contribution < -0.4 is 5.14 Å². The molecule has 39 heavy (non-hydrogen) atoms. The number of allylic oxidation sites excluding steroid dienone is 1. The van der Waals surface area contributed by atoms with E-state index in [9.17, 15) is 22.9 Å². The van der Waals surface area contributed by atoms with Crippen molar-refractivity contribution in [2.45, 2.75) is 37.5 Å². The predicted molar refractivity (Wildman–Crippen MR) is 146 cm³/mol. The third-order valence-corrected chi connectivity index (χ3v) is 8.06. The summed E-state index contributed by atoms with van der Waals surface area (Å²) in [5, 5.41) is 21.6. The third-order valence-electron chi connectivity index (χ3n) is 6.41. The molecule has 8 nitrogen and oxygen atoms in total. The number of carboxylic acids is 1. The Morgan fingerprint density at radius 3 is 2.62 bits per heavy atom. The first-order chi connectivity index (χ1) is 18.2. The molecule has 1 aliphatic carbocycles. The Labute approximate surface area is 229 Å². The van der Waals surface area contributed by atoms with Crippen LogP contribution in [0.25, 0.3) is 22.5 Å². The van der Waals surface area contributed by atoms with Crippen molar-refractivity contribution >= 4 is 34.4 Å². The average molecular weight is 573 g/mol. The first kappa shape index (κ1) is 28.4. The lowest BCUT2D eigenvalue weighted by molar-refractivity contribution is 0.0691. The fourth-order valence-corrected chi connectivity index (χ4v) is 5.64. The van der Waals surface area contributed by atoms with Crippen molar-refractivity contribution in [2.75, 3.05) is 0 Å². The minimum Gasteiger partial charge on any atom is -0.870 e. The van der Waals surface area contributed by atoms with Crippen LogP contribution in [0.15, 0.2) is 52.7 Å². The van der Waals surface area contributed by atoms with Gasteiger partial charge in [0.25, 0.3) is 0 Å². The van der Waals surface area contributed by atoms with Crippen molar-refractivity contribution in [1.29, 1.82) is 0 Å². The molecule has 0 amide bonds. The summed E-state index contributed by atoms with van der Waals surface area (Å²) in [5.74, 6) is -1.70. The summed E-state index contributed by atoms with van der Waals surface area (Å²) >= 11 is 1.17. The smallest absolute Gasteiger partial charge is 0.355 e. The number of halogens is 2. The van der Waals surface area contributed by atoms with Gasteiger partial charge in [0.05, 0.1) is 11.4 Å². The first-order valence-corrected chi connectivity index (χ1v) is 14.2. The van der Waals surface area contributed by atoms with E-state index in [1.165, 1.54) is 34.9 Å². The molecule has 2 aromatic carbocycles. The number of benzene rings is 2. The van der Waals surface area contributed by atoms with Crippen LogP contribution in [0.3, 0.4) is 0 Å². The van der Waals surface area contributed by atoms with Gasteiger partial charge in [0.1, 0.15) is 5.82 Å². The fourth-order valence-electron chi connectivity index (χ4n) is 4.37. The maximum absolute atomic E-state index is 14.7. The summed E-state index contributed by atoms with van der Waals surface area (Å²) in [7, 11) is -2.32. The number of nitrogens with two attached hydrogens (primary N) is 1. The van der Waals surface area contributed by atoms with E-state index in [1.807, 2.05) is 0 Å². The normalized spacial score (nSPS) is 13.9. The highest BCUT2D eigenvalue weighted by Gasteiger charge is 2.29. The van der Waals surface area contributed by atoms with Gasteiger partial charge in [-0.2, -0.15) is 5.10 Å². The number of hydrogen-bond acceptors (Lipinski definition) is 6. The van der Waals surface area contributed by atoms with Crippen molar-refractivity contribution in [1.82, 2.24) is 14.8 Å². The van der Waals surface area contributed by atoms with Crippen LogP contribution in [0, 0.1) is 17.6 Å². The van der Waals surface area contributed by atoms with Gasteiger partial charge in [-0.15, -0.1) is 16.5 Å². The molecule has 2 aromatic heterocycles. The highest BCUT2D eigenvalue weighted by atomic mass is 32.2. The van der Waals surface area contributed by atoms with Gasteiger partial charge in [-0.1, -0.05) is 22.4 Å². The predicted octanol–water partition coefficient (Wildman–Crippen LogP) is 5.30. The van der Waals surface area contributed by atoms with Gasteiger partial charge < -0.3 is 10.6 Å². The largest absolute Gasteiger partial charge is 0.870 e. The second-order valence-corrected chi connectivity index (χ2v) is 11.1. The maximum Gasteiger partial charge on any atom is 0.355 e. The molecular formula is C27H26F2N4O4S2. The number of nitrogens with zero attached hydrogens (tertiary/aromatic N) is 3. The van der Waals surface area contributed by atoms with Crippen molar-refractivity contribution in [3.8, 4) is 16.4 Å². The van der Waals surface area contributed by atoms with Gasteiger partial charge in [-0.05, 0) is 68.0 Å². The summed E-state index contributed by atoms with van der Waals surface area (Å²) in [5.41, 5.74) is 3.86. The summed E-state index contributed by atoms with van der Waals surface area (Å²) in [6, 6.07) is 9.16. The van der Waals surface area contributed by atoms with Crippen LogP contribution in [0.2, 0.25) is 0 Å². The van der Waals surface area contributed by atoms with Crippen molar-refractivity contribution in [3.05, 3.63) is 87.6 Å². The van der Waals surface area contributed by atoms with E-state index in [-0.39, 0.29) is 21.9 Å². The molecule has 4 aromatic rings. The van der Waals surface area contributed by atoms with E-state index in [2.05, 4.69) is 4.98 Å². The molecule has 1 unspecified atom stereocenters. The van der Waals surface area contributed by atoms with Crippen molar-refractivity contribution in [2.24, 2.45) is 11.1 Å². The quantitative estimate of drug-likeness (QED) is 0.206. The van der Waals surface area contributed by atoms with Gasteiger partial charge in [0.15, 0.2) is 22.5 Å².